The normalized spacial score (nSPS) is 11.1. The average Bonchev–Trinajstić information content (AvgIpc) is 3.07. The van der Waals surface area contributed by atoms with Gasteiger partial charge in [0.25, 0.3) is 11.8 Å². The Morgan fingerprint density at radius 1 is 0.745 bits per heavy atom. The third kappa shape index (κ3) is 7.98. The van der Waals surface area contributed by atoms with Crippen LogP contribution in [-0.2, 0) is 16.0 Å². The van der Waals surface area contributed by atoms with Gasteiger partial charge < -0.3 is 30.2 Å². The van der Waals surface area contributed by atoms with Crippen LogP contribution in [0.4, 0.5) is 24.5 Å². The van der Waals surface area contributed by atoms with Gasteiger partial charge in [0, 0.05) is 47.8 Å². The van der Waals surface area contributed by atoms with Crippen LogP contribution >= 0.6 is 0 Å². The molecule has 47 heavy (non-hydrogen) atoms. The number of methoxy groups -OCH3 is 2. The quantitative estimate of drug-likeness (QED) is 0.0598. The van der Waals surface area contributed by atoms with E-state index in [-0.39, 0.29) is 41.5 Å². The van der Waals surface area contributed by atoms with E-state index < -0.39 is 23.4 Å². The maximum absolute atomic E-state index is 15.3. The Balaban J connectivity index is 1.33. The van der Waals surface area contributed by atoms with Crippen LogP contribution in [0.1, 0.15) is 5.56 Å². The van der Waals surface area contributed by atoms with Crippen molar-refractivity contribution < 1.29 is 37.0 Å². The Morgan fingerprint density at radius 3 is 2.13 bits per heavy atom. The Morgan fingerprint density at radius 2 is 1.43 bits per heavy atom. The van der Waals surface area contributed by atoms with Crippen LogP contribution < -0.4 is 30.2 Å². The zero-order valence-corrected chi connectivity index (χ0v) is 25.3. The summed E-state index contributed by atoms with van der Waals surface area (Å²) in [5.74, 6) is -2.28. The molecule has 5 aromatic rings. The van der Waals surface area contributed by atoms with Gasteiger partial charge >= 0.3 is 0 Å². The lowest BCUT2D eigenvalue weighted by molar-refractivity contribution is -0.118. The first-order valence-corrected chi connectivity index (χ1v) is 14.3. The number of fused-ring (bicyclic) bond motifs is 1. The third-order valence-corrected chi connectivity index (χ3v) is 6.95. The Labute approximate surface area is 268 Å². The second kappa shape index (κ2) is 14.8. The lowest BCUT2D eigenvalue weighted by Crippen LogP contribution is -2.27. The lowest BCUT2D eigenvalue weighted by Gasteiger charge is -2.14. The maximum atomic E-state index is 15.3. The number of pyridine rings is 1. The molecule has 0 aliphatic carbocycles. The molecule has 12 heteroatoms. The minimum atomic E-state index is -0.864. The van der Waals surface area contributed by atoms with E-state index in [4.69, 9.17) is 14.2 Å². The number of nitrogens with one attached hydrogen (secondary N) is 3. The van der Waals surface area contributed by atoms with Gasteiger partial charge in [0.2, 0.25) is 0 Å². The van der Waals surface area contributed by atoms with Crippen LogP contribution in [-0.4, -0.2) is 37.6 Å². The highest BCUT2D eigenvalue weighted by atomic mass is 19.1. The van der Waals surface area contributed by atoms with Crippen molar-refractivity contribution in [1.29, 1.82) is 0 Å². The van der Waals surface area contributed by atoms with Crippen LogP contribution in [0.25, 0.3) is 10.9 Å². The number of anilines is 2. The second-order valence-electron chi connectivity index (χ2n) is 10.0. The SMILES string of the molecule is COc1cc2nccc(Oc3ccc(NC(=O)/C(=C/NCCc4ccccc4F)C(=O)Nc4ccc(F)cc4)cc3F)c2cc1OC. The smallest absolute Gasteiger partial charge is 0.262 e. The molecule has 2 amide bonds. The number of ether oxygens (including phenoxy) is 3. The highest BCUT2D eigenvalue weighted by molar-refractivity contribution is 6.26. The minimum absolute atomic E-state index is 0.0395. The molecular formula is C35H29F3N4O5. The number of carbonyl (C=O) groups excluding carboxylic acids is 2. The molecule has 0 saturated heterocycles. The van der Waals surface area contributed by atoms with E-state index >= 15 is 4.39 Å². The molecule has 3 N–H and O–H groups in total. The van der Waals surface area contributed by atoms with Crippen LogP contribution in [0.5, 0.6) is 23.0 Å². The largest absolute Gasteiger partial charge is 0.493 e. The molecule has 0 saturated carbocycles. The molecule has 0 radical (unpaired) electrons. The molecule has 0 aliphatic rings. The average molecular weight is 643 g/mol. The van der Waals surface area contributed by atoms with E-state index in [0.29, 0.717) is 33.7 Å². The molecule has 0 unspecified atom stereocenters. The van der Waals surface area contributed by atoms with Gasteiger partial charge in [-0.05, 0) is 66.6 Å². The fraction of sp³-hybridized carbons (Fsp3) is 0.114. The highest BCUT2D eigenvalue weighted by Crippen LogP contribution is 2.37. The fourth-order valence-corrected chi connectivity index (χ4v) is 4.56. The molecule has 0 spiro atoms. The first kappa shape index (κ1) is 32.4. The Bertz CT molecular complexity index is 1950. The summed E-state index contributed by atoms with van der Waals surface area (Å²) >= 11 is 0. The Kier molecular flexibility index (Phi) is 10.2. The molecule has 0 atom stereocenters. The van der Waals surface area contributed by atoms with Crippen molar-refractivity contribution in [1.82, 2.24) is 10.3 Å². The van der Waals surface area contributed by atoms with Crippen LogP contribution in [0.3, 0.4) is 0 Å². The standard InChI is InChI=1S/C35H29F3N4O5/c1-45-32-18-25-29(19-33(32)46-2)40-16-14-30(25)47-31-12-11-24(17-28(31)38)42-35(44)26(34(43)41-23-9-7-22(36)8-10-23)20-39-15-13-21-5-3-4-6-27(21)37/h3-12,14,16-20,39H,13,15H2,1-2H3,(H,41,43)(H,42,44)/b26-20+. The topological polar surface area (TPSA) is 111 Å². The zero-order chi connectivity index (χ0) is 33.3. The van der Waals surface area contributed by atoms with E-state index in [1.54, 1.807) is 36.4 Å². The lowest BCUT2D eigenvalue weighted by atomic mass is 10.1. The molecule has 240 valence electrons. The highest BCUT2D eigenvalue weighted by Gasteiger charge is 2.20. The summed E-state index contributed by atoms with van der Waals surface area (Å²) in [5.41, 5.74) is 0.902. The number of nitrogens with zero attached hydrogens (tertiary/aromatic N) is 1. The summed E-state index contributed by atoms with van der Waals surface area (Å²) in [6.07, 6.45) is 2.96. The number of halogens is 3. The zero-order valence-electron chi connectivity index (χ0n) is 25.3. The monoisotopic (exact) mass is 642 g/mol. The minimum Gasteiger partial charge on any atom is -0.493 e. The van der Waals surface area contributed by atoms with E-state index in [1.165, 1.54) is 56.9 Å². The Hall–Kier alpha value is -6.04. The summed E-state index contributed by atoms with van der Waals surface area (Å²) in [5, 5.41) is 8.44. The van der Waals surface area contributed by atoms with Crippen molar-refractivity contribution in [3.63, 3.8) is 0 Å². The number of benzene rings is 4. The summed E-state index contributed by atoms with van der Waals surface area (Å²) in [6.45, 7) is 0.199. The molecule has 4 aromatic carbocycles. The number of amides is 2. The van der Waals surface area contributed by atoms with Crippen molar-refractivity contribution in [2.45, 2.75) is 6.42 Å². The number of hydrogen-bond donors (Lipinski definition) is 3. The number of hydrogen-bond acceptors (Lipinski definition) is 7. The molecule has 9 nitrogen and oxygen atoms in total. The van der Waals surface area contributed by atoms with Crippen LogP contribution in [0.2, 0.25) is 0 Å². The van der Waals surface area contributed by atoms with E-state index in [9.17, 15) is 18.4 Å². The van der Waals surface area contributed by atoms with Gasteiger partial charge in [0.1, 0.15) is 23.0 Å². The van der Waals surface area contributed by atoms with Gasteiger partial charge in [0.05, 0.1) is 19.7 Å². The summed E-state index contributed by atoms with van der Waals surface area (Å²) < 4.78 is 59.2. The van der Waals surface area contributed by atoms with E-state index in [1.807, 2.05) is 0 Å². The number of carbonyl (C=O) groups is 2. The molecule has 1 heterocycles. The van der Waals surface area contributed by atoms with Gasteiger partial charge in [-0.1, -0.05) is 18.2 Å². The predicted octanol–water partition coefficient (Wildman–Crippen LogP) is 6.76. The molecule has 1 aromatic heterocycles. The number of aromatic nitrogens is 1. The van der Waals surface area contributed by atoms with Crippen LogP contribution in [0.15, 0.2) is 103 Å². The molecule has 5 rings (SSSR count). The van der Waals surface area contributed by atoms with Gasteiger partial charge in [-0.3, -0.25) is 14.6 Å². The first-order valence-electron chi connectivity index (χ1n) is 14.3. The maximum Gasteiger partial charge on any atom is 0.262 e. The summed E-state index contributed by atoms with van der Waals surface area (Å²) in [6, 6.07) is 19.9. The third-order valence-electron chi connectivity index (χ3n) is 6.95. The van der Waals surface area contributed by atoms with E-state index in [2.05, 4.69) is 20.9 Å². The van der Waals surface area contributed by atoms with Gasteiger partial charge in [-0.2, -0.15) is 0 Å². The summed E-state index contributed by atoms with van der Waals surface area (Å²) in [4.78, 5) is 30.7. The molecular weight excluding hydrogens is 613 g/mol. The molecule has 0 fully saturated rings. The molecule has 0 aliphatic heterocycles. The van der Waals surface area contributed by atoms with Gasteiger partial charge in [-0.25, -0.2) is 13.2 Å². The van der Waals surface area contributed by atoms with Crippen molar-refractivity contribution in [2.24, 2.45) is 0 Å². The first-order chi connectivity index (χ1) is 22.7. The molecule has 0 bridgehead atoms. The van der Waals surface area contributed by atoms with Crippen molar-refractivity contribution in [2.75, 3.05) is 31.4 Å². The van der Waals surface area contributed by atoms with Crippen molar-refractivity contribution in [3.05, 3.63) is 126 Å². The van der Waals surface area contributed by atoms with Crippen molar-refractivity contribution >= 4 is 34.1 Å². The van der Waals surface area contributed by atoms with E-state index in [0.717, 1.165) is 18.2 Å². The van der Waals surface area contributed by atoms with Gasteiger partial charge in [0.15, 0.2) is 23.1 Å². The fourth-order valence-electron chi connectivity index (χ4n) is 4.56. The summed E-state index contributed by atoms with van der Waals surface area (Å²) in [7, 11) is 2.99. The van der Waals surface area contributed by atoms with Crippen molar-refractivity contribution in [3.8, 4) is 23.0 Å². The van der Waals surface area contributed by atoms with Crippen LogP contribution in [0, 0.1) is 17.5 Å². The number of rotatable bonds is 12. The second-order valence-corrected chi connectivity index (χ2v) is 10.0. The van der Waals surface area contributed by atoms with Gasteiger partial charge in [-0.15, -0.1) is 0 Å². The predicted molar refractivity (Wildman–Crippen MR) is 171 cm³/mol.